The molecule has 0 bridgehead atoms. The van der Waals surface area contributed by atoms with Gasteiger partial charge in [-0.05, 0) is 37.1 Å². The van der Waals surface area contributed by atoms with Crippen LogP contribution in [-0.2, 0) is 0 Å². The normalized spacial score (nSPS) is 14.2. The predicted molar refractivity (Wildman–Crippen MR) is 113 cm³/mol. The van der Waals surface area contributed by atoms with Crippen molar-refractivity contribution >= 4 is 28.3 Å². The van der Waals surface area contributed by atoms with Gasteiger partial charge in [0.25, 0.3) is 11.6 Å². The van der Waals surface area contributed by atoms with Gasteiger partial charge in [0.05, 0.1) is 4.92 Å². The van der Waals surface area contributed by atoms with Crippen LogP contribution in [0.1, 0.15) is 21.5 Å². The Bertz CT molecular complexity index is 1190. The lowest BCUT2D eigenvalue weighted by Gasteiger charge is -2.37. The maximum atomic E-state index is 13.0. The summed E-state index contributed by atoms with van der Waals surface area (Å²) in [6.45, 7) is 6.39. The third-order valence-corrected chi connectivity index (χ3v) is 5.48. The lowest BCUT2D eigenvalue weighted by atomic mass is 10.1. The van der Waals surface area contributed by atoms with Gasteiger partial charge >= 0.3 is 5.63 Å². The highest BCUT2D eigenvalue weighted by Crippen LogP contribution is 2.26. The molecule has 8 nitrogen and oxygen atoms in total. The minimum Gasteiger partial charge on any atom is -0.422 e. The van der Waals surface area contributed by atoms with Crippen LogP contribution in [0, 0.1) is 24.0 Å². The number of benzene rings is 2. The van der Waals surface area contributed by atoms with Gasteiger partial charge in [0.2, 0.25) is 0 Å². The molecule has 2 aromatic carbocycles. The van der Waals surface area contributed by atoms with E-state index in [1.807, 2.05) is 6.07 Å². The standard InChI is InChI=1S/C22H21N3O5/c1-14-4-3-5-15(2)20(14)23-8-10-24(11-9-23)21(26)18-13-16-12-17(25(28)29)6-7-19(16)30-22(18)27/h3-7,12-13H,8-11H2,1-2H3. The summed E-state index contributed by atoms with van der Waals surface area (Å²) < 4.78 is 5.23. The van der Waals surface area contributed by atoms with Crippen LogP contribution < -0.4 is 10.5 Å². The predicted octanol–water partition coefficient (Wildman–Crippen LogP) is 3.28. The molecule has 0 aliphatic carbocycles. The third-order valence-electron chi connectivity index (χ3n) is 5.48. The summed E-state index contributed by atoms with van der Waals surface area (Å²) in [5.74, 6) is -0.418. The number of fused-ring (bicyclic) bond motifs is 1. The molecule has 0 N–H and O–H groups in total. The summed E-state index contributed by atoms with van der Waals surface area (Å²) in [7, 11) is 0. The molecule has 154 valence electrons. The Hall–Kier alpha value is -3.68. The SMILES string of the molecule is Cc1cccc(C)c1N1CCN(C(=O)c2cc3cc([N+](=O)[O-])ccc3oc2=O)CC1. The molecule has 1 aliphatic heterocycles. The van der Waals surface area contributed by atoms with Crippen LogP contribution in [0.2, 0.25) is 0 Å². The average molecular weight is 407 g/mol. The molecule has 1 amide bonds. The maximum Gasteiger partial charge on any atom is 0.349 e. The molecule has 0 radical (unpaired) electrons. The van der Waals surface area contributed by atoms with E-state index in [2.05, 4.69) is 30.9 Å². The number of anilines is 1. The van der Waals surface area contributed by atoms with Crippen molar-refractivity contribution < 1.29 is 14.1 Å². The fourth-order valence-electron chi connectivity index (χ4n) is 3.98. The van der Waals surface area contributed by atoms with E-state index < -0.39 is 16.5 Å². The van der Waals surface area contributed by atoms with Gasteiger partial charge in [-0.25, -0.2) is 4.79 Å². The van der Waals surface area contributed by atoms with Gasteiger partial charge < -0.3 is 14.2 Å². The fraction of sp³-hybridized carbons (Fsp3) is 0.273. The molecule has 2 heterocycles. The number of amides is 1. The van der Waals surface area contributed by atoms with Gasteiger partial charge in [-0.3, -0.25) is 14.9 Å². The number of carbonyl (C=O) groups is 1. The number of para-hydroxylation sites is 1. The van der Waals surface area contributed by atoms with Crippen LogP contribution in [-0.4, -0.2) is 41.9 Å². The Morgan fingerprint density at radius 2 is 1.70 bits per heavy atom. The second-order valence-electron chi connectivity index (χ2n) is 7.45. The third kappa shape index (κ3) is 3.52. The van der Waals surface area contributed by atoms with Crippen molar-refractivity contribution in [2.45, 2.75) is 13.8 Å². The van der Waals surface area contributed by atoms with E-state index in [1.54, 1.807) is 4.90 Å². The summed E-state index contributed by atoms with van der Waals surface area (Å²) in [5, 5.41) is 11.4. The molecule has 1 saturated heterocycles. The quantitative estimate of drug-likeness (QED) is 0.376. The Kier molecular flexibility index (Phi) is 4.99. The van der Waals surface area contributed by atoms with Crippen molar-refractivity contribution in [3.8, 4) is 0 Å². The number of nitro groups is 1. The number of rotatable bonds is 3. The van der Waals surface area contributed by atoms with Crippen LogP contribution in [0.15, 0.2) is 51.7 Å². The minimum absolute atomic E-state index is 0.108. The van der Waals surface area contributed by atoms with Crippen molar-refractivity contribution in [3.05, 3.63) is 79.7 Å². The summed E-state index contributed by atoms with van der Waals surface area (Å²) in [5.41, 5.74) is 2.79. The molecule has 1 aliphatic rings. The second-order valence-corrected chi connectivity index (χ2v) is 7.45. The number of nitrogens with zero attached hydrogens (tertiary/aromatic N) is 3. The van der Waals surface area contributed by atoms with Crippen LogP contribution in [0.4, 0.5) is 11.4 Å². The van der Waals surface area contributed by atoms with Gasteiger partial charge in [-0.2, -0.15) is 0 Å². The number of non-ortho nitro benzene ring substituents is 1. The summed E-state index contributed by atoms with van der Waals surface area (Å²) >= 11 is 0. The van der Waals surface area contributed by atoms with E-state index in [1.165, 1.54) is 41.1 Å². The monoisotopic (exact) mass is 407 g/mol. The zero-order valence-electron chi connectivity index (χ0n) is 16.8. The van der Waals surface area contributed by atoms with Crippen LogP contribution >= 0.6 is 0 Å². The highest BCUT2D eigenvalue weighted by Gasteiger charge is 2.26. The molecule has 3 aromatic rings. The number of hydrogen-bond donors (Lipinski definition) is 0. The summed E-state index contributed by atoms with van der Waals surface area (Å²) in [6.07, 6.45) is 0. The highest BCUT2D eigenvalue weighted by atomic mass is 16.6. The van der Waals surface area contributed by atoms with Crippen LogP contribution in [0.25, 0.3) is 11.0 Å². The number of carbonyl (C=O) groups excluding carboxylic acids is 1. The molecular formula is C22H21N3O5. The van der Waals surface area contributed by atoms with E-state index in [0.717, 1.165) is 0 Å². The zero-order valence-corrected chi connectivity index (χ0v) is 16.8. The molecular weight excluding hydrogens is 386 g/mol. The fourth-order valence-corrected chi connectivity index (χ4v) is 3.98. The van der Waals surface area contributed by atoms with Crippen molar-refractivity contribution in [2.24, 2.45) is 0 Å². The summed E-state index contributed by atoms with van der Waals surface area (Å²) in [4.78, 5) is 39.7. The molecule has 0 saturated carbocycles. The van der Waals surface area contributed by atoms with Crippen molar-refractivity contribution in [1.82, 2.24) is 4.90 Å². The first kappa shape index (κ1) is 19.6. The first-order valence-corrected chi connectivity index (χ1v) is 9.68. The zero-order chi connectivity index (χ0) is 21.4. The van der Waals surface area contributed by atoms with Gasteiger partial charge in [0, 0.05) is 49.4 Å². The van der Waals surface area contributed by atoms with Gasteiger partial charge in [0.1, 0.15) is 11.1 Å². The Morgan fingerprint density at radius 1 is 1.03 bits per heavy atom. The Labute approximate surface area is 172 Å². The van der Waals surface area contributed by atoms with Crippen molar-refractivity contribution in [2.75, 3.05) is 31.1 Å². The second kappa shape index (κ2) is 7.62. The Morgan fingerprint density at radius 3 is 2.33 bits per heavy atom. The van der Waals surface area contributed by atoms with E-state index in [4.69, 9.17) is 4.42 Å². The summed E-state index contributed by atoms with van der Waals surface area (Å²) in [6, 6.07) is 11.5. The first-order chi connectivity index (χ1) is 14.3. The number of nitro benzene ring substituents is 1. The molecule has 30 heavy (non-hydrogen) atoms. The minimum atomic E-state index is -0.737. The molecule has 0 unspecified atom stereocenters. The van der Waals surface area contributed by atoms with Gasteiger partial charge in [-0.1, -0.05) is 18.2 Å². The largest absolute Gasteiger partial charge is 0.422 e. The van der Waals surface area contributed by atoms with Gasteiger partial charge in [-0.15, -0.1) is 0 Å². The average Bonchev–Trinajstić information content (AvgIpc) is 2.72. The van der Waals surface area contributed by atoms with Crippen molar-refractivity contribution in [3.63, 3.8) is 0 Å². The van der Waals surface area contributed by atoms with Gasteiger partial charge in [0.15, 0.2) is 0 Å². The van der Waals surface area contributed by atoms with Crippen molar-refractivity contribution in [1.29, 1.82) is 0 Å². The van der Waals surface area contributed by atoms with Crippen LogP contribution in [0.5, 0.6) is 0 Å². The van der Waals surface area contributed by atoms with E-state index in [9.17, 15) is 19.7 Å². The number of aryl methyl sites for hydroxylation is 2. The Balaban J connectivity index is 1.57. The molecule has 4 rings (SSSR count). The van der Waals surface area contributed by atoms with E-state index >= 15 is 0 Å². The molecule has 0 atom stereocenters. The molecule has 1 fully saturated rings. The number of piperazine rings is 1. The number of hydrogen-bond acceptors (Lipinski definition) is 6. The first-order valence-electron chi connectivity index (χ1n) is 9.68. The lowest BCUT2D eigenvalue weighted by molar-refractivity contribution is -0.384. The topological polar surface area (TPSA) is 96.9 Å². The molecule has 1 aromatic heterocycles. The molecule has 0 spiro atoms. The van der Waals surface area contributed by atoms with E-state index in [-0.39, 0.29) is 16.8 Å². The maximum absolute atomic E-state index is 13.0. The van der Waals surface area contributed by atoms with E-state index in [0.29, 0.717) is 31.6 Å². The van der Waals surface area contributed by atoms with Crippen LogP contribution in [0.3, 0.4) is 0 Å². The molecule has 8 heteroatoms. The smallest absolute Gasteiger partial charge is 0.349 e. The lowest BCUT2D eigenvalue weighted by Crippen LogP contribution is -2.49. The highest BCUT2D eigenvalue weighted by molar-refractivity contribution is 5.97.